The van der Waals surface area contributed by atoms with Gasteiger partial charge >= 0.3 is 0 Å². The van der Waals surface area contributed by atoms with Crippen LogP contribution in [-0.4, -0.2) is 37.4 Å². The molecular formula is C12H16FNO3. The molecule has 0 saturated heterocycles. The van der Waals surface area contributed by atoms with Crippen molar-refractivity contribution in [1.29, 1.82) is 0 Å². The molecule has 1 aromatic carbocycles. The molecule has 5 heteroatoms. The third-order valence-electron chi connectivity index (χ3n) is 2.19. The van der Waals surface area contributed by atoms with E-state index in [1.54, 1.807) is 6.92 Å². The summed E-state index contributed by atoms with van der Waals surface area (Å²) in [5.41, 5.74) is 0.861. The first-order chi connectivity index (χ1) is 8.15. The van der Waals surface area contributed by atoms with Crippen molar-refractivity contribution < 1.29 is 19.0 Å². The normalized spacial score (nSPS) is 10.3. The third-order valence-corrected chi connectivity index (χ3v) is 2.19. The minimum absolute atomic E-state index is 0.0366. The van der Waals surface area contributed by atoms with Crippen molar-refractivity contribution in [3.05, 3.63) is 35.1 Å². The number of nitrogens with one attached hydrogen (secondary N) is 1. The second-order valence-electron chi connectivity index (χ2n) is 3.56. The van der Waals surface area contributed by atoms with Crippen LogP contribution < -0.4 is 5.32 Å². The maximum absolute atomic E-state index is 13.0. The van der Waals surface area contributed by atoms with Gasteiger partial charge in [0.05, 0.1) is 19.8 Å². The molecule has 0 atom stereocenters. The van der Waals surface area contributed by atoms with Crippen LogP contribution in [0.3, 0.4) is 0 Å². The molecule has 0 saturated carbocycles. The van der Waals surface area contributed by atoms with Crippen LogP contribution in [0.25, 0.3) is 0 Å². The fourth-order valence-corrected chi connectivity index (χ4v) is 1.29. The molecule has 0 heterocycles. The Bertz CT molecular complexity index is 382. The van der Waals surface area contributed by atoms with Gasteiger partial charge in [-0.25, -0.2) is 4.39 Å². The number of halogens is 1. The molecule has 0 bridgehead atoms. The van der Waals surface area contributed by atoms with E-state index in [2.05, 4.69) is 5.32 Å². The average molecular weight is 241 g/mol. The summed E-state index contributed by atoms with van der Waals surface area (Å²) < 4.78 is 18.0. The van der Waals surface area contributed by atoms with Gasteiger partial charge in [0.2, 0.25) is 0 Å². The summed E-state index contributed by atoms with van der Waals surface area (Å²) in [5.74, 6) is -0.589. The first-order valence-corrected chi connectivity index (χ1v) is 5.38. The lowest BCUT2D eigenvalue weighted by atomic mass is 10.1. The van der Waals surface area contributed by atoms with Crippen LogP contribution >= 0.6 is 0 Å². The van der Waals surface area contributed by atoms with Crippen LogP contribution in [0.5, 0.6) is 0 Å². The Morgan fingerprint density at radius 2 is 2.24 bits per heavy atom. The largest absolute Gasteiger partial charge is 0.394 e. The van der Waals surface area contributed by atoms with Crippen molar-refractivity contribution in [2.45, 2.75) is 6.92 Å². The van der Waals surface area contributed by atoms with Crippen LogP contribution in [0.4, 0.5) is 4.39 Å². The van der Waals surface area contributed by atoms with Crippen molar-refractivity contribution in [3.8, 4) is 0 Å². The molecule has 0 aliphatic carbocycles. The van der Waals surface area contributed by atoms with E-state index >= 15 is 0 Å². The SMILES string of the molecule is Cc1cc(C(=O)NCCOCCO)ccc1F. The van der Waals surface area contributed by atoms with Crippen molar-refractivity contribution in [3.63, 3.8) is 0 Å². The number of aliphatic hydroxyl groups is 1. The summed E-state index contributed by atoms with van der Waals surface area (Å²) in [6.07, 6.45) is 0. The molecule has 0 spiro atoms. The van der Waals surface area contributed by atoms with Crippen molar-refractivity contribution in [2.75, 3.05) is 26.4 Å². The average Bonchev–Trinajstić information content (AvgIpc) is 2.32. The molecule has 0 radical (unpaired) electrons. The highest BCUT2D eigenvalue weighted by Gasteiger charge is 2.06. The van der Waals surface area contributed by atoms with Crippen LogP contribution in [0.15, 0.2) is 18.2 Å². The first kappa shape index (κ1) is 13.6. The van der Waals surface area contributed by atoms with Crippen LogP contribution in [-0.2, 0) is 4.74 Å². The molecule has 0 aliphatic rings. The molecule has 0 fully saturated rings. The number of benzene rings is 1. The van der Waals surface area contributed by atoms with Gasteiger partial charge in [0.1, 0.15) is 5.82 Å². The summed E-state index contributed by atoms with van der Waals surface area (Å²) in [7, 11) is 0. The topological polar surface area (TPSA) is 58.6 Å². The van der Waals surface area contributed by atoms with Gasteiger partial charge < -0.3 is 15.2 Å². The predicted octanol–water partition coefficient (Wildman–Crippen LogP) is 0.873. The minimum Gasteiger partial charge on any atom is -0.394 e. The molecule has 1 aromatic rings. The van der Waals surface area contributed by atoms with Crippen LogP contribution in [0, 0.1) is 12.7 Å². The Morgan fingerprint density at radius 3 is 2.88 bits per heavy atom. The van der Waals surface area contributed by atoms with Gasteiger partial charge in [0, 0.05) is 12.1 Å². The summed E-state index contributed by atoms with van der Waals surface area (Å²) in [4.78, 5) is 11.6. The molecular weight excluding hydrogens is 225 g/mol. The number of aliphatic hydroxyl groups excluding tert-OH is 1. The number of amides is 1. The van der Waals surface area contributed by atoms with Crippen LogP contribution in [0.1, 0.15) is 15.9 Å². The molecule has 0 unspecified atom stereocenters. The van der Waals surface area contributed by atoms with E-state index in [1.165, 1.54) is 18.2 Å². The van der Waals surface area contributed by atoms with E-state index in [-0.39, 0.29) is 24.9 Å². The number of carbonyl (C=O) groups is 1. The minimum atomic E-state index is -0.326. The highest BCUT2D eigenvalue weighted by Crippen LogP contribution is 2.08. The zero-order chi connectivity index (χ0) is 12.7. The number of hydrogen-bond donors (Lipinski definition) is 2. The van der Waals surface area contributed by atoms with Gasteiger partial charge in [-0.1, -0.05) is 0 Å². The fourth-order valence-electron chi connectivity index (χ4n) is 1.29. The van der Waals surface area contributed by atoms with Gasteiger partial charge in [-0.05, 0) is 30.7 Å². The zero-order valence-electron chi connectivity index (χ0n) is 9.70. The van der Waals surface area contributed by atoms with Gasteiger partial charge in [-0.3, -0.25) is 4.79 Å². The second-order valence-corrected chi connectivity index (χ2v) is 3.56. The highest BCUT2D eigenvalue weighted by molar-refractivity contribution is 5.94. The Kier molecular flexibility index (Phi) is 5.59. The molecule has 2 N–H and O–H groups in total. The molecule has 17 heavy (non-hydrogen) atoms. The lowest BCUT2D eigenvalue weighted by Crippen LogP contribution is -2.27. The van der Waals surface area contributed by atoms with E-state index in [0.29, 0.717) is 24.3 Å². The van der Waals surface area contributed by atoms with E-state index in [0.717, 1.165) is 0 Å². The third kappa shape index (κ3) is 4.50. The number of hydrogen-bond acceptors (Lipinski definition) is 3. The number of aryl methyl sites for hydroxylation is 1. The second kappa shape index (κ2) is 6.98. The van der Waals surface area contributed by atoms with E-state index < -0.39 is 0 Å². The van der Waals surface area contributed by atoms with Crippen LogP contribution in [0.2, 0.25) is 0 Å². The maximum Gasteiger partial charge on any atom is 0.251 e. The fraction of sp³-hybridized carbons (Fsp3) is 0.417. The van der Waals surface area contributed by atoms with E-state index in [1.807, 2.05) is 0 Å². The Balaban J connectivity index is 2.39. The first-order valence-electron chi connectivity index (χ1n) is 5.38. The monoisotopic (exact) mass is 241 g/mol. The van der Waals surface area contributed by atoms with Crippen molar-refractivity contribution >= 4 is 5.91 Å². The van der Waals surface area contributed by atoms with Gasteiger partial charge in [0.15, 0.2) is 0 Å². The quantitative estimate of drug-likeness (QED) is 0.727. The van der Waals surface area contributed by atoms with Crippen molar-refractivity contribution in [2.24, 2.45) is 0 Å². The molecule has 1 amide bonds. The Labute approximate surface area is 99.4 Å². The molecule has 4 nitrogen and oxygen atoms in total. The maximum atomic E-state index is 13.0. The zero-order valence-corrected chi connectivity index (χ0v) is 9.70. The number of rotatable bonds is 6. The number of ether oxygens (including phenoxy) is 1. The highest BCUT2D eigenvalue weighted by atomic mass is 19.1. The molecule has 1 rings (SSSR count). The number of carbonyl (C=O) groups excluding carboxylic acids is 1. The molecule has 94 valence electrons. The Hall–Kier alpha value is -1.46. The summed E-state index contributed by atoms with van der Waals surface area (Å²) in [6.45, 7) is 2.52. The lowest BCUT2D eigenvalue weighted by molar-refractivity contribution is 0.0838. The van der Waals surface area contributed by atoms with Gasteiger partial charge in [-0.2, -0.15) is 0 Å². The summed E-state index contributed by atoms with van der Waals surface area (Å²) in [6, 6.07) is 4.21. The van der Waals surface area contributed by atoms with E-state index in [4.69, 9.17) is 9.84 Å². The smallest absolute Gasteiger partial charge is 0.251 e. The summed E-state index contributed by atoms with van der Waals surface area (Å²) >= 11 is 0. The molecule has 0 aromatic heterocycles. The van der Waals surface area contributed by atoms with Crippen molar-refractivity contribution in [1.82, 2.24) is 5.32 Å². The van der Waals surface area contributed by atoms with Gasteiger partial charge in [-0.15, -0.1) is 0 Å². The summed E-state index contributed by atoms with van der Waals surface area (Å²) in [5, 5.41) is 11.1. The Morgan fingerprint density at radius 1 is 1.47 bits per heavy atom. The van der Waals surface area contributed by atoms with Gasteiger partial charge in [0.25, 0.3) is 5.91 Å². The predicted molar refractivity (Wildman–Crippen MR) is 61.4 cm³/mol. The molecule has 0 aliphatic heterocycles. The lowest BCUT2D eigenvalue weighted by Gasteiger charge is -2.06. The standard InChI is InChI=1S/C12H16FNO3/c1-9-8-10(2-3-11(9)13)12(16)14-4-6-17-7-5-15/h2-3,8,15H,4-7H2,1H3,(H,14,16). The van der Waals surface area contributed by atoms with E-state index in [9.17, 15) is 9.18 Å².